The largest absolute Gasteiger partial charge is 0.619 e. The van der Waals surface area contributed by atoms with Crippen molar-refractivity contribution in [1.29, 1.82) is 0 Å². The minimum absolute atomic E-state index is 0.00845. The van der Waals surface area contributed by atoms with Crippen LogP contribution in [0.25, 0.3) is 0 Å². The van der Waals surface area contributed by atoms with Gasteiger partial charge in [0, 0.05) is 44.7 Å². The van der Waals surface area contributed by atoms with Gasteiger partial charge < -0.3 is 29.1 Å². The predicted octanol–water partition coefficient (Wildman–Crippen LogP) is 5.16. The lowest BCUT2D eigenvalue weighted by Gasteiger charge is -2.32. The molecule has 1 aromatic heterocycles. The maximum absolute atomic E-state index is 13.7. The summed E-state index contributed by atoms with van der Waals surface area (Å²) in [6.07, 6.45) is 2.84. The minimum Gasteiger partial charge on any atom is -0.619 e. The zero-order valence-electron chi connectivity index (χ0n) is 27.4. The molecule has 2 aromatic carbocycles. The van der Waals surface area contributed by atoms with Crippen LogP contribution in [0, 0.1) is 11.1 Å². The number of hydrogen-bond donors (Lipinski definition) is 1. The number of halogens is 4. The van der Waals surface area contributed by atoms with Gasteiger partial charge in [0.1, 0.15) is 21.9 Å². The fourth-order valence-electron chi connectivity index (χ4n) is 5.31. The zero-order valence-corrected chi connectivity index (χ0v) is 29.8. The Labute approximate surface area is 299 Å². The number of pyridine rings is 1. The number of sulfonamides is 1. The maximum atomic E-state index is 13.7. The van der Waals surface area contributed by atoms with Crippen molar-refractivity contribution in [2.24, 2.45) is 5.92 Å². The van der Waals surface area contributed by atoms with E-state index < -0.39 is 28.7 Å². The molecule has 0 spiro atoms. The quantitative estimate of drug-likeness (QED) is 0.119. The van der Waals surface area contributed by atoms with Gasteiger partial charge in [-0.05, 0) is 61.7 Å². The Morgan fingerprint density at radius 1 is 1.04 bits per heavy atom. The summed E-state index contributed by atoms with van der Waals surface area (Å²) in [7, 11) is -0.457. The monoisotopic (exact) mass is 758 g/mol. The van der Waals surface area contributed by atoms with Gasteiger partial charge in [0.05, 0.1) is 30.7 Å². The summed E-state index contributed by atoms with van der Waals surface area (Å²) in [6.45, 7) is 0.708. The van der Waals surface area contributed by atoms with Gasteiger partial charge in [-0.15, -0.1) is 0 Å². The number of alkyl halides is 2. The highest BCUT2D eigenvalue weighted by Gasteiger charge is 2.28. The summed E-state index contributed by atoms with van der Waals surface area (Å²) in [5.74, 6) is -0.725. The Bertz CT molecular complexity index is 1750. The number of aromatic nitrogens is 1. The van der Waals surface area contributed by atoms with Gasteiger partial charge in [-0.25, -0.2) is 13.2 Å². The SMILES string of the molecule is COc1ccc(C(=O)O[C@@H](Cc2c(Cl)c[n+]([O-])cc2Cl)c2ccc(OC(F)F)c(OCC3CC3)c2)cc1NS(=O)(=O)CCN1CCN(C)CC1. The van der Waals surface area contributed by atoms with E-state index in [1.807, 2.05) is 7.05 Å². The first-order chi connectivity index (χ1) is 23.8. The summed E-state index contributed by atoms with van der Waals surface area (Å²) >= 11 is 12.7. The molecule has 2 aliphatic rings. The van der Waals surface area contributed by atoms with Gasteiger partial charge in [0.15, 0.2) is 23.9 Å². The molecule has 2 fully saturated rings. The van der Waals surface area contributed by atoms with Crippen LogP contribution in [0.15, 0.2) is 48.8 Å². The van der Waals surface area contributed by atoms with Crippen molar-refractivity contribution >= 4 is 44.9 Å². The predicted molar refractivity (Wildman–Crippen MR) is 183 cm³/mol. The lowest BCUT2D eigenvalue weighted by atomic mass is 10.0. The first kappa shape index (κ1) is 37.6. The Balaban J connectivity index is 1.41. The lowest BCUT2D eigenvalue weighted by Crippen LogP contribution is -2.46. The Kier molecular flexibility index (Phi) is 12.5. The van der Waals surface area contributed by atoms with Gasteiger partial charge in [0.2, 0.25) is 10.0 Å². The second-order valence-corrected chi connectivity index (χ2v) is 14.9. The fraction of sp³-hybridized carbons (Fsp3) is 0.455. The molecule has 1 saturated carbocycles. The minimum atomic E-state index is -3.84. The number of methoxy groups -OCH3 is 1. The summed E-state index contributed by atoms with van der Waals surface area (Å²) in [5.41, 5.74) is 0.638. The van der Waals surface area contributed by atoms with E-state index in [1.54, 1.807) is 0 Å². The lowest BCUT2D eigenvalue weighted by molar-refractivity contribution is -0.605. The molecule has 272 valence electrons. The van der Waals surface area contributed by atoms with E-state index in [0.717, 1.165) is 51.4 Å². The summed E-state index contributed by atoms with van der Waals surface area (Å²) in [6, 6.07) is 8.30. The molecule has 1 aliphatic carbocycles. The van der Waals surface area contributed by atoms with E-state index in [9.17, 15) is 27.2 Å². The number of rotatable bonds is 16. The average Bonchev–Trinajstić information content (AvgIpc) is 3.89. The number of likely N-dealkylation sites (N-methyl/N-ethyl adjacent to an activating group) is 1. The van der Waals surface area contributed by atoms with Crippen molar-refractivity contribution in [3.63, 3.8) is 0 Å². The number of anilines is 1. The topological polar surface area (TPSA) is 134 Å². The Morgan fingerprint density at radius 2 is 1.72 bits per heavy atom. The molecule has 0 radical (unpaired) electrons. The van der Waals surface area contributed by atoms with Crippen molar-refractivity contribution in [2.75, 3.05) is 64.0 Å². The first-order valence-corrected chi connectivity index (χ1v) is 18.3. The van der Waals surface area contributed by atoms with Crippen molar-refractivity contribution < 1.29 is 45.7 Å². The first-order valence-electron chi connectivity index (χ1n) is 15.9. The summed E-state index contributed by atoms with van der Waals surface area (Å²) < 4.78 is 77.4. The molecule has 1 N–H and O–H groups in total. The number of benzene rings is 2. The van der Waals surface area contributed by atoms with Crippen LogP contribution in [0.2, 0.25) is 10.0 Å². The van der Waals surface area contributed by atoms with Crippen molar-refractivity contribution in [3.05, 3.63) is 80.7 Å². The molecule has 50 heavy (non-hydrogen) atoms. The molecule has 17 heteroatoms. The van der Waals surface area contributed by atoms with Crippen molar-refractivity contribution in [1.82, 2.24) is 9.80 Å². The highest BCUT2D eigenvalue weighted by molar-refractivity contribution is 7.92. The standard InChI is InChI=1S/C33H38Cl2F2N4O8S/c1-39-9-11-40(12-10-39)13-14-50(44,45)38-27-15-23(6-7-28(27)46-2)32(42)48-30(17-24-25(34)18-41(43)19-26(24)35)22-5-8-29(49-33(36)37)31(16-22)47-20-21-3-4-21/h5-8,15-16,18-19,21,30,33,38H,3-4,9-14,17,20H2,1-2H3/t30-/m0/s1. The third-order valence-corrected chi connectivity index (χ3v) is 10.3. The Morgan fingerprint density at radius 3 is 2.36 bits per heavy atom. The third kappa shape index (κ3) is 10.4. The van der Waals surface area contributed by atoms with Crippen LogP contribution in [0.3, 0.4) is 0 Å². The molecule has 2 heterocycles. The third-order valence-electron chi connectivity index (χ3n) is 8.40. The highest BCUT2D eigenvalue weighted by Crippen LogP contribution is 2.38. The zero-order chi connectivity index (χ0) is 36.0. The molecule has 0 bridgehead atoms. The fourth-order valence-corrected chi connectivity index (χ4v) is 7.01. The van der Waals surface area contributed by atoms with Crippen LogP contribution in [0.4, 0.5) is 14.5 Å². The van der Waals surface area contributed by atoms with E-state index in [4.69, 9.17) is 37.4 Å². The maximum Gasteiger partial charge on any atom is 0.387 e. The number of nitrogens with one attached hydrogen (secondary N) is 1. The number of carbonyl (C=O) groups is 1. The molecule has 12 nitrogen and oxygen atoms in total. The van der Waals surface area contributed by atoms with E-state index in [1.165, 1.54) is 43.5 Å². The van der Waals surface area contributed by atoms with Crippen LogP contribution in [0.1, 0.15) is 40.4 Å². The van der Waals surface area contributed by atoms with Gasteiger partial charge in [0.25, 0.3) is 0 Å². The van der Waals surface area contributed by atoms with Crippen LogP contribution < -0.4 is 23.7 Å². The summed E-state index contributed by atoms with van der Waals surface area (Å²) in [4.78, 5) is 18.0. The number of ether oxygens (including phenoxy) is 4. The van der Waals surface area contributed by atoms with Gasteiger partial charge in [-0.2, -0.15) is 13.5 Å². The second kappa shape index (κ2) is 16.6. The molecular formula is C33H38Cl2F2N4O8S. The number of esters is 1. The van der Waals surface area contributed by atoms with E-state index in [2.05, 4.69) is 19.3 Å². The average molecular weight is 760 g/mol. The second-order valence-electron chi connectivity index (χ2n) is 12.2. The number of nitrogens with zero attached hydrogens (tertiary/aromatic N) is 3. The van der Waals surface area contributed by atoms with Gasteiger partial charge in [-0.3, -0.25) is 9.62 Å². The highest BCUT2D eigenvalue weighted by atomic mass is 35.5. The van der Waals surface area contributed by atoms with Gasteiger partial charge >= 0.3 is 12.6 Å². The van der Waals surface area contributed by atoms with E-state index in [-0.39, 0.29) is 62.9 Å². The van der Waals surface area contributed by atoms with Crippen LogP contribution >= 0.6 is 23.2 Å². The normalized spacial score (nSPS) is 16.2. The van der Waals surface area contributed by atoms with Crippen LogP contribution in [0.5, 0.6) is 17.2 Å². The van der Waals surface area contributed by atoms with Gasteiger partial charge in [-0.1, -0.05) is 29.3 Å². The van der Waals surface area contributed by atoms with Crippen LogP contribution in [-0.2, 0) is 21.2 Å². The molecular weight excluding hydrogens is 721 g/mol. The molecule has 5 rings (SSSR count). The molecule has 1 atom stereocenters. The van der Waals surface area contributed by atoms with Crippen molar-refractivity contribution in [2.45, 2.75) is 32.0 Å². The molecule has 0 amide bonds. The summed E-state index contributed by atoms with van der Waals surface area (Å²) in [5, 5.41) is 11.9. The Hall–Kier alpha value is -3.63. The van der Waals surface area contributed by atoms with E-state index in [0.29, 0.717) is 22.8 Å². The number of piperazine rings is 1. The molecule has 1 saturated heterocycles. The van der Waals surface area contributed by atoms with Crippen molar-refractivity contribution in [3.8, 4) is 17.2 Å². The molecule has 0 unspecified atom stereocenters. The molecule has 1 aliphatic heterocycles. The smallest absolute Gasteiger partial charge is 0.387 e. The van der Waals surface area contributed by atoms with E-state index >= 15 is 0 Å². The molecule has 3 aromatic rings. The van der Waals surface area contributed by atoms with Crippen LogP contribution in [-0.4, -0.2) is 90.0 Å². The number of carbonyl (C=O) groups excluding carboxylic acids is 1. The number of hydrogen-bond acceptors (Lipinski definition) is 10.